The molecule has 0 bridgehead atoms. The molecule has 0 aliphatic rings. The molecule has 29 heavy (non-hydrogen) atoms. The van der Waals surface area contributed by atoms with Gasteiger partial charge in [-0.3, -0.25) is 0 Å². The Morgan fingerprint density at radius 3 is 2.10 bits per heavy atom. The van der Waals surface area contributed by atoms with Gasteiger partial charge in [0.25, 0.3) is 0 Å². The molecule has 0 saturated carbocycles. The van der Waals surface area contributed by atoms with Gasteiger partial charge in [-0.2, -0.15) is 0 Å². The molecular formula is C25H26O4. The number of ether oxygens (including phenoxy) is 3. The standard InChI is InChI=1S/C25H26O4/c1-3-27-25(26)19(2)29-24-15-13-23(14-16-24)28-18-17-20-9-11-22(12-10-20)21-7-5-4-6-8-21/h4-16,19H,3,17-18H2,1-2H3. The third kappa shape index (κ3) is 6.11. The molecule has 3 aromatic rings. The highest BCUT2D eigenvalue weighted by Crippen LogP contribution is 2.21. The molecule has 0 radical (unpaired) electrons. The number of carbonyl (C=O) groups is 1. The fraction of sp³-hybridized carbons (Fsp3) is 0.240. The molecular weight excluding hydrogens is 364 g/mol. The van der Waals surface area contributed by atoms with Gasteiger partial charge in [-0.25, -0.2) is 4.79 Å². The first-order valence-electron chi connectivity index (χ1n) is 9.86. The van der Waals surface area contributed by atoms with Crippen LogP contribution in [0.15, 0.2) is 78.9 Å². The average molecular weight is 390 g/mol. The van der Waals surface area contributed by atoms with Crippen LogP contribution in [-0.2, 0) is 16.0 Å². The van der Waals surface area contributed by atoms with Crippen LogP contribution in [-0.4, -0.2) is 25.3 Å². The first-order valence-corrected chi connectivity index (χ1v) is 9.86. The molecule has 0 spiro atoms. The zero-order chi connectivity index (χ0) is 20.5. The Morgan fingerprint density at radius 2 is 1.45 bits per heavy atom. The lowest BCUT2D eigenvalue weighted by Crippen LogP contribution is -2.25. The lowest BCUT2D eigenvalue weighted by atomic mass is 10.0. The van der Waals surface area contributed by atoms with Gasteiger partial charge in [-0.15, -0.1) is 0 Å². The molecule has 0 aliphatic carbocycles. The summed E-state index contributed by atoms with van der Waals surface area (Å²) in [5.74, 6) is 1.00. The third-order valence-electron chi connectivity index (χ3n) is 4.48. The first-order chi connectivity index (χ1) is 14.2. The minimum absolute atomic E-state index is 0.342. The SMILES string of the molecule is CCOC(=O)C(C)Oc1ccc(OCCc2ccc(-c3ccccc3)cc2)cc1. The summed E-state index contributed by atoms with van der Waals surface area (Å²) in [5, 5.41) is 0. The average Bonchev–Trinajstić information content (AvgIpc) is 2.76. The van der Waals surface area contributed by atoms with Crippen molar-refractivity contribution in [2.75, 3.05) is 13.2 Å². The molecule has 1 atom stereocenters. The van der Waals surface area contributed by atoms with Crippen LogP contribution in [0.3, 0.4) is 0 Å². The molecule has 0 aliphatic heterocycles. The summed E-state index contributed by atoms with van der Waals surface area (Å²) in [6, 6.07) is 26.2. The summed E-state index contributed by atoms with van der Waals surface area (Å²) in [6.07, 6.45) is 0.188. The maximum atomic E-state index is 11.6. The predicted octanol–water partition coefficient (Wildman–Crippen LogP) is 5.31. The summed E-state index contributed by atoms with van der Waals surface area (Å²) in [4.78, 5) is 11.6. The summed E-state index contributed by atoms with van der Waals surface area (Å²) in [6.45, 7) is 4.37. The van der Waals surface area contributed by atoms with Crippen LogP contribution >= 0.6 is 0 Å². The highest BCUT2D eigenvalue weighted by molar-refractivity contribution is 5.74. The maximum absolute atomic E-state index is 11.6. The minimum Gasteiger partial charge on any atom is -0.493 e. The van der Waals surface area contributed by atoms with Gasteiger partial charge >= 0.3 is 5.97 Å². The number of benzene rings is 3. The maximum Gasteiger partial charge on any atom is 0.347 e. The molecule has 0 fully saturated rings. The largest absolute Gasteiger partial charge is 0.493 e. The summed E-state index contributed by atoms with van der Waals surface area (Å²) in [5.41, 5.74) is 3.66. The van der Waals surface area contributed by atoms with Crippen LogP contribution in [0.4, 0.5) is 0 Å². The minimum atomic E-state index is -0.638. The molecule has 3 rings (SSSR count). The van der Waals surface area contributed by atoms with E-state index in [1.165, 1.54) is 16.7 Å². The van der Waals surface area contributed by atoms with Crippen LogP contribution in [0, 0.1) is 0 Å². The van der Waals surface area contributed by atoms with E-state index in [9.17, 15) is 4.79 Å². The van der Waals surface area contributed by atoms with Crippen molar-refractivity contribution >= 4 is 5.97 Å². The molecule has 0 aromatic heterocycles. The number of esters is 1. The summed E-state index contributed by atoms with van der Waals surface area (Å²) < 4.78 is 16.3. The number of rotatable bonds is 9. The van der Waals surface area contributed by atoms with Crippen LogP contribution in [0.1, 0.15) is 19.4 Å². The molecule has 4 nitrogen and oxygen atoms in total. The lowest BCUT2D eigenvalue weighted by molar-refractivity contribution is -0.150. The van der Waals surface area contributed by atoms with Gasteiger partial charge in [0.2, 0.25) is 0 Å². The first kappa shape index (κ1) is 20.5. The second kappa shape index (κ2) is 10.3. The second-order valence-corrected chi connectivity index (χ2v) is 6.64. The van der Waals surface area contributed by atoms with Crippen molar-refractivity contribution in [3.63, 3.8) is 0 Å². The number of hydrogen-bond acceptors (Lipinski definition) is 4. The number of hydrogen-bond donors (Lipinski definition) is 0. The van der Waals surface area contributed by atoms with Crippen LogP contribution in [0.25, 0.3) is 11.1 Å². The van der Waals surface area contributed by atoms with Gasteiger partial charge in [0.15, 0.2) is 6.10 Å². The van der Waals surface area contributed by atoms with E-state index in [0.717, 1.165) is 12.2 Å². The molecule has 3 aromatic carbocycles. The van der Waals surface area contributed by atoms with E-state index >= 15 is 0 Å². The third-order valence-corrected chi connectivity index (χ3v) is 4.48. The Morgan fingerprint density at radius 1 is 0.828 bits per heavy atom. The Kier molecular flexibility index (Phi) is 7.28. The Bertz CT molecular complexity index is 886. The van der Waals surface area contributed by atoms with E-state index in [-0.39, 0.29) is 5.97 Å². The van der Waals surface area contributed by atoms with Gasteiger partial charge in [0.05, 0.1) is 13.2 Å². The van der Waals surface area contributed by atoms with Gasteiger partial charge < -0.3 is 14.2 Å². The Labute approximate surface area is 172 Å². The predicted molar refractivity (Wildman–Crippen MR) is 114 cm³/mol. The topological polar surface area (TPSA) is 44.8 Å². The van der Waals surface area contributed by atoms with Crippen molar-refractivity contribution in [1.82, 2.24) is 0 Å². The molecule has 1 unspecified atom stereocenters. The second-order valence-electron chi connectivity index (χ2n) is 6.64. The highest BCUT2D eigenvalue weighted by Gasteiger charge is 2.15. The van der Waals surface area contributed by atoms with Crippen molar-refractivity contribution in [2.45, 2.75) is 26.4 Å². The molecule has 0 heterocycles. The summed E-state index contributed by atoms with van der Waals surface area (Å²) in [7, 11) is 0. The van der Waals surface area contributed by atoms with Gasteiger partial charge in [-0.05, 0) is 54.8 Å². The number of carbonyl (C=O) groups excluding carboxylic acids is 1. The van der Waals surface area contributed by atoms with Crippen molar-refractivity contribution in [3.05, 3.63) is 84.4 Å². The zero-order valence-corrected chi connectivity index (χ0v) is 16.8. The molecule has 0 N–H and O–H groups in total. The monoisotopic (exact) mass is 390 g/mol. The van der Waals surface area contributed by atoms with Crippen molar-refractivity contribution < 1.29 is 19.0 Å². The van der Waals surface area contributed by atoms with E-state index in [0.29, 0.717) is 19.0 Å². The van der Waals surface area contributed by atoms with E-state index in [1.807, 2.05) is 30.3 Å². The van der Waals surface area contributed by atoms with Gasteiger partial charge in [0.1, 0.15) is 11.5 Å². The van der Waals surface area contributed by atoms with Crippen molar-refractivity contribution in [3.8, 4) is 22.6 Å². The zero-order valence-electron chi connectivity index (χ0n) is 16.8. The van der Waals surface area contributed by atoms with E-state index < -0.39 is 6.10 Å². The van der Waals surface area contributed by atoms with Gasteiger partial charge in [0, 0.05) is 6.42 Å². The molecule has 0 amide bonds. The fourth-order valence-electron chi connectivity index (χ4n) is 2.91. The van der Waals surface area contributed by atoms with E-state index in [1.54, 1.807) is 26.0 Å². The highest BCUT2D eigenvalue weighted by atomic mass is 16.6. The lowest BCUT2D eigenvalue weighted by Gasteiger charge is -2.13. The smallest absolute Gasteiger partial charge is 0.347 e. The van der Waals surface area contributed by atoms with E-state index in [2.05, 4.69) is 36.4 Å². The van der Waals surface area contributed by atoms with Gasteiger partial charge in [-0.1, -0.05) is 54.6 Å². The summed E-state index contributed by atoms with van der Waals surface area (Å²) >= 11 is 0. The van der Waals surface area contributed by atoms with Crippen LogP contribution in [0.5, 0.6) is 11.5 Å². The van der Waals surface area contributed by atoms with Crippen LogP contribution < -0.4 is 9.47 Å². The fourth-order valence-corrected chi connectivity index (χ4v) is 2.91. The quantitative estimate of drug-likeness (QED) is 0.465. The Balaban J connectivity index is 1.46. The molecule has 150 valence electrons. The van der Waals surface area contributed by atoms with E-state index in [4.69, 9.17) is 14.2 Å². The van der Waals surface area contributed by atoms with Crippen molar-refractivity contribution in [1.29, 1.82) is 0 Å². The normalized spacial score (nSPS) is 11.5. The van der Waals surface area contributed by atoms with Crippen molar-refractivity contribution in [2.24, 2.45) is 0 Å². The van der Waals surface area contributed by atoms with Crippen LogP contribution in [0.2, 0.25) is 0 Å². The molecule has 0 saturated heterocycles. The Hall–Kier alpha value is -3.27. The molecule has 4 heteroatoms.